The normalized spacial score (nSPS) is 24.4. The van der Waals surface area contributed by atoms with E-state index < -0.39 is 5.60 Å². The van der Waals surface area contributed by atoms with Crippen molar-refractivity contribution in [3.63, 3.8) is 0 Å². The Kier molecular flexibility index (Phi) is 5.29. The van der Waals surface area contributed by atoms with Gasteiger partial charge < -0.3 is 0 Å². The molecule has 3 unspecified atom stereocenters. The minimum atomic E-state index is -0.675. The van der Waals surface area contributed by atoms with Gasteiger partial charge in [0, 0.05) is 5.57 Å². The molecule has 1 saturated heterocycles. The quantitative estimate of drug-likeness (QED) is 0.279. The molecule has 3 atom stereocenters. The molecule has 0 bridgehead atoms. The Bertz CT molecular complexity index is 1310. The zero-order valence-electron chi connectivity index (χ0n) is 20.5. The van der Waals surface area contributed by atoms with Crippen molar-refractivity contribution in [2.45, 2.75) is 37.3 Å². The fourth-order valence-electron chi connectivity index (χ4n) is 6.78. The summed E-state index contributed by atoms with van der Waals surface area (Å²) in [6.07, 6.45) is 5.27. The third-order valence-corrected chi connectivity index (χ3v) is 8.38. The van der Waals surface area contributed by atoms with Crippen LogP contribution >= 0.6 is 0 Å². The molecule has 178 valence electrons. The maximum atomic E-state index is 7.37. The number of hydrogen-bond donors (Lipinski definition) is 0. The van der Waals surface area contributed by atoms with Crippen LogP contribution in [0.15, 0.2) is 132 Å². The fraction of sp³-hybridized carbons (Fsp3) is 0.235. The van der Waals surface area contributed by atoms with Crippen LogP contribution in [0.1, 0.15) is 48.4 Å². The standard InChI is InChI=1S/C34H31NO/c1-5-15-25(16-6-1)33-32(31-29-23-13-14-24-30(29)31)34(26-17-7-2-8-18-26,27-19-9-3-10-20-27)36-35(33)28-21-11-4-12-22-28/h1-12,15-22,29-30,33H,13-14,23-24H2. The molecule has 36 heavy (non-hydrogen) atoms. The second-order valence-electron chi connectivity index (χ2n) is 10.3. The average Bonchev–Trinajstić information content (AvgIpc) is 3.58. The predicted octanol–water partition coefficient (Wildman–Crippen LogP) is 8.24. The van der Waals surface area contributed by atoms with Crippen molar-refractivity contribution in [3.8, 4) is 0 Å². The van der Waals surface area contributed by atoms with E-state index in [-0.39, 0.29) is 6.04 Å². The van der Waals surface area contributed by atoms with Crippen LogP contribution in [0.2, 0.25) is 0 Å². The molecule has 7 rings (SSSR count). The number of fused-ring (bicyclic) bond motifs is 1. The summed E-state index contributed by atoms with van der Waals surface area (Å²) in [7, 11) is 0. The maximum Gasteiger partial charge on any atom is 0.170 e. The number of anilines is 1. The smallest absolute Gasteiger partial charge is 0.170 e. The molecule has 2 nitrogen and oxygen atoms in total. The van der Waals surface area contributed by atoms with E-state index in [4.69, 9.17) is 4.84 Å². The average molecular weight is 470 g/mol. The van der Waals surface area contributed by atoms with Gasteiger partial charge in [0.2, 0.25) is 0 Å². The van der Waals surface area contributed by atoms with Gasteiger partial charge in [-0.2, -0.15) is 0 Å². The van der Waals surface area contributed by atoms with Gasteiger partial charge >= 0.3 is 0 Å². The van der Waals surface area contributed by atoms with E-state index in [0.29, 0.717) is 11.8 Å². The Morgan fingerprint density at radius 3 is 1.58 bits per heavy atom. The topological polar surface area (TPSA) is 12.5 Å². The van der Waals surface area contributed by atoms with Crippen LogP contribution in [0.4, 0.5) is 5.69 Å². The van der Waals surface area contributed by atoms with Crippen molar-refractivity contribution in [2.75, 3.05) is 5.06 Å². The predicted molar refractivity (Wildman–Crippen MR) is 145 cm³/mol. The highest BCUT2D eigenvalue weighted by atomic mass is 16.7. The number of para-hydroxylation sites is 1. The Hall–Kier alpha value is -3.62. The lowest BCUT2D eigenvalue weighted by Gasteiger charge is -2.31. The van der Waals surface area contributed by atoms with Crippen molar-refractivity contribution in [1.29, 1.82) is 0 Å². The van der Waals surface area contributed by atoms with Crippen LogP contribution in [0.3, 0.4) is 0 Å². The first-order chi connectivity index (χ1) is 17.9. The highest BCUT2D eigenvalue weighted by Crippen LogP contribution is 2.65. The first-order valence-corrected chi connectivity index (χ1v) is 13.3. The zero-order valence-corrected chi connectivity index (χ0v) is 20.5. The van der Waals surface area contributed by atoms with E-state index in [2.05, 4.69) is 126 Å². The summed E-state index contributed by atoms with van der Waals surface area (Å²) in [4.78, 5) is 7.37. The van der Waals surface area contributed by atoms with E-state index in [1.165, 1.54) is 47.9 Å². The van der Waals surface area contributed by atoms with Crippen LogP contribution < -0.4 is 5.06 Å². The molecule has 3 aliphatic rings. The van der Waals surface area contributed by atoms with Gasteiger partial charge in [0.25, 0.3) is 0 Å². The van der Waals surface area contributed by atoms with Crippen molar-refractivity contribution in [2.24, 2.45) is 11.8 Å². The van der Waals surface area contributed by atoms with Crippen LogP contribution in [-0.4, -0.2) is 0 Å². The van der Waals surface area contributed by atoms with E-state index in [1.54, 1.807) is 5.57 Å². The van der Waals surface area contributed by atoms with E-state index in [1.807, 2.05) is 0 Å². The van der Waals surface area contributed by atoms with Gasteiger partial charge in [0.05, 0.1) is 5.69 Å². The van der Waals surface area contributed by atoms with Gasteiger partial charge in [-0.25, -0.2) is 5.06 Å². The molecular weight excluding hydrogens is 438 g/mol. The van der Waals surface area contributed by atoms with Crippen molar-refractivity contribution < 1.29 is 4.84 Å². The molecular formula is C34H31NO. The molecule has 0 aromatic heterocycles. The lowest BCUT2D eigenvalue weighted by molar-refractivity contribution is 0.0294. The largest absolute Gasteiger partial charge is 0.252 e. The van der Waals surface area contributed by atoms with Gasteiger partial charge in [0.15, 0.2) is 5.60 Å². The highest BCUT2D eigenvalue weighted by molar-refractivity contribution is 5.63. The minimum absolute atomic E-state index is 0.00890. The first-order valence-electron chi connectivity index (χ1n) is 13.3. The number of nitrogens with zero attached hydrogens (tertiary/aromatic N) is 1. The van der Waals surface area contributed by atoms with Crippen molar-refractivity contribution in [1.82, 2.24) is 0 Å². The first kappa shape index (κ1) is 21.6. The Labute approximate surface area is 213 Å². The summed E-state index contributed by atoms with van der Waals surface area (Å²) in [5, 5.41) is 2.20. The Morgan fingerprint density at radius 2 is 1.06 bits per heavy atom. The number of hydroxylamine groups is 1. The Morgan fingerprint density at radius 1 is 0.583 bits per heavy atom. The molecule has 0 spiro atoms. The monoisotopic (exact) mass is 469 g/mol. The van der Waals surface area contributed by atoms with Gasteiger partial charge in [-0.3, -0.25) is 4.84 Å². The molecule has 4 aromatic rings. The molecule has 2 saturated carbocycles. The van der Waals surface area contributed by atoms with Crippen molar-refractivity contribution >= 4 is 5.69 Å². The second kappa shape index (κ2) is 8.80. The van der Waals surface area contributed by atoms with E-state index >= 15 is 0 Å². The fourth-order valence-corrected chi connectivity index (χ4v) is 6.78. The maximum absolute atomic E-state index is 7.37. The van der Waals surface area contributed by atoms with Gasteiger partial charge in [-0.15, -0.1) is 0 Å². The number of benzene rings is 4. The minimum Gasteiger partial charge on any atom is -0.252 e. The lowest BCUT2D eigenvalue weighted by atomic mass is 9.75. The molecule has 0 amide bonds. The number of allylic oxidation sites excluding steroid dienone is 1. The summed E-state index contributed by atoms with van der Waals surface area (Å²) in [5.74, 6) is 1.37. The zero-order chi connectivity index (χ0) is 24.0. The van der Waals surface area contributed by atoms with Crippen LogP contribution in [-0.2, 0) is 10.4 Å². The van der Waals surface area contributed by atoms with Gasteiger partial charge in [-0.1, -0.05) is 128 Å². The molecule has 4 aromatic carbocycles. The van der Waals surface area contributed by atoms with Crippen LogP contribution in [0.25, 0.3) is 0 Å². The molecule has 3 fully saturated rings. The van der Waals surface area contributed by atoms with Gasteiger partial charge in [0.1, 0.15) is 6.04 Å². The van der Waals surface area contributed by atoms with E-state index in [0.717, 1.165) is 5.69 Å². The number of hydrogen-bond acceptors (Lipinski definition) is 2. The van der Waals surface area contributed by atoms with E-state index in [9.17, 15) is 0 Å². The molecule has 2 heteroatoms. The van der Waals surface area contributed by atoms with Gasteiger partial charge in [-0.05, 0) is 53.5 Å². The molecule has 0 N–H and O–H groups in total. The Balaban J connectivity index is 1.56. The highest BCUT2D eigenvalue weighted by Gasteiger charge is 2.60. The molecule has 1 heterocycles. The van der Waals surface area contributed by atoms with Crippen molar-refractivity contribution in [3.05, 3.63) is 149 Å². The van der Waals surface area contributed by atoms with Crippen LogP contribution in [0, 0.1) is 11.8 Å². The summed E-state index contributed by atoms with van der Waals surface area (Å²) in [6, 6.07) is 43.4. The molecule has 2 aliphatic carbocycles. The third kappa shape index (κ3) is 3.36. The second-order valence-corrected chi connectivity index (χ2v) is 10.3. The molecule has 0 radical (unpaired) electrons. The summed E-state index contributed by atoms with van der Waals surface area (Å²) in [6.45, 7) is 0. The summed E-state index contributed by atoms with van der Waals surface area (Å²) < 4.78 is 0. The SMILES string of the molecule is c1ccc(C2C(=C3C4CCCCC34)C(c3ccccc3)(c3ccccc3)ON2c2ccccc2)cc1. The third-order valence-electron chi connectivity index (χ3n) is 8.38. The molecule has 1 aliphatic heterocycles. The number of rotatable bonds is 4. The lowest BCUT2D eigenvalue weighted by Crippen LogP contribution is -2.31. The van der Waals surface area contributed by atoms with Crippen LogP contribution in [0.5, 0.6) is 0 Å². The summed E-state index contributed by atoms with van der Waals surface area (Å²) in [5.41, 5.74) is 7.16. The summed E-state index contributed by atoms with van der Waals surface area (Å²) >= 11 is 0.